The van der Waals surface area contributed by atoms with Gasteiger partial charge in [0.25, 0.3) is 0 Å². The van der Waals surface area contributed by atoms with Gasteiger partial charge in [-0.1, -0.05) is 6.42 Å². The third-order valence-corrected chi connectivity index (χ3v) is 6.42. The summed E-state index contributed by atoms with van der Waals surface area (Å²) in [6, 6.07) is 0.702. The van der Waals surface area contributed by atoms with Gasteiger partial charge in [-0.3, -0.25) is 4.99 Å². The number of nitrogens with one attached hydrogen (secondary N) is 2. The largest absolute Gasteiger partial charge is 0.356 e. The van der Waals surface area contributed by atoms with E-state index >= 15 is 0 Å². The lowest BCUT2D eigenvalue weighted by atomic mass is 10.0. The van der Waals surface area contributed by atoms with Crippen LogP contribution in [0.3, 0.4) is 0 Å². The van der Waals surface area contributed by atoms with Crippen molar-refractivity contribution in [2.75, 3.05) is 38.2 Å². The maximum atomic E-state index is 11.5. The van der Waals surface area contributed by atoms with E-state index in [0.29, 0.717) is 18.4 Å². The molecule has 0 bridgehead atoms. The van der Waals surface area contributed by atoms with Crippen LogP contribution in [-0.4, -0.2) is 69.5 Å². The topological polar surface area (TPSA) is 73.8 Å². The fourth-order valence-electron chi connectivity index (χ4n) is 3.28. The Labute approximate surface area is 157 Å². The molecule has 2 atom stereocenters. The normalized spacial score (nSPS) is 28.2. The summed E-state index contributed by atoms with van der Waals surface area (Å²) in [4.78, 5) is 6.75. The Morgan fingerprint density at radius 1 is 1.30 bits per heavy atom. The number of nitrogens with zero attached hydrogens (tertiary/aromatic N) is 2. The maximum Gasteiger partial charge on any atom is 0.191 e. The summed E-state index contributed by atoms with van der Waals surface area (Å²) in [7, 11) is -1.12. The van der Waals surface area contributed by atoms with Crippen molar-refractivity contribution in [3.8, 4) is 0 Å². The molecule has 6 nitrogen and oxygen atoms in total. The van der Waals surface area contributed by atoms with Crippen LogP contribution < -0.4 is 10.6 Å². The number of hydrogen-bond acceptors (Lipinski definition) is 4. The standard InChI is InChI=1S/C15H30N4O2S.HI/c1-13-6-3-4-9-19(13)10-5-8-17-15(16-2)18-14-7-11-22(20,21)12-14;/h13-14H,3-12H2,1-2H3,(H2,16,17,18);1H. The molecule has 8 heteroatoms. The SMILES string of the molecule is CN=C(NCCCN1CCCCC1C)NC1CCS(=O)(=O)C1.I. The highest BCUT2D eigenvalue weighted by Gasteiger charge is 2.28. The lowest BCUT2D eigenvalue weighted by Crippen LogP contribution is -2.45. The van der Waals surface area contributed by atoms with Gasteiger partial charge in [0.05, 0.1) is 11.5 Å². The van der Waals surface area contributed by atoms with Crippen LogP contribution >= 0.6 is 24.0 Å². The molecule has 0 radical (unpaired) electrons. The molecule has 2 aliphatic heterocycles. The molecule has 0 aliphatic carbocycles. The predicted octanol–water partition coefficient (Wildman–Crippen LogP) is 1.22. The van der Waals surface area contributed by atoms with Crippen molar-refractivity contribution in [3.05, 3.63) is 0 Å². The van der Waals surface area contributed by atoms with Gasteiger partial charge in [-0.05, 0) is 39.2 Å². The van der Waals surface area contributed by atoms with E-state index in [9.17, 15) is 8.42 Å². The number of sulfone groups is 1. The molecule has 2 aliphatic rings. The fraction of sp³-hybridized carbons (Fsp3) is 0.933. The highest BCUT2D eigenvalue weighted by Crippen LogP contribution is 2.16. The van der Waals surface area contributed by atoms with E-state index in [-0.39, 0.29) is 41.5 Å². The molecule has 0 aromatic carbocycles. The van der Waals surface area contributed by atoms with Gasteiger partial charge in [-0.15, -0.1) is 24.0 Å². The van der Waals surface area contributed by atoms with Gasteiger partial charge in [-0.2, -0.15) is 0 Å². The summed E-state index contributed by atoms with van der Waals surface area (Å²) in [5, 5.41) is 6.51. The first-order chi connectivity index (χ1) is 10.5. The highest BCUT2D eigenvalue weighted by molar-refractivity contribution is 14.0. The van der Waals surface area contributed by atoms with Gasteiger partial charge in [-0.25, -0.2) is 8.42 Å². The van der Waals surface area contributed by atoms with Crippen LogP contribution in [0.1, 0.15) is 39.0 Å². The minimum absolute atomic E-state index is 0. The highest BCUT2D eigenvalue weighted by atomic mass is 127. The first kappa shape index (κ1) is 21.0. The zero-order chi connectivity index (χ0) is 16.0. The molecule has 2 saturated heterocycles. The molecular weight excluding hydrogens is 427 g/mol. The molecule has 2 N–H and O–H groups in total. The van der Waals surface area contributed by atoms with Crippen molar-refractivity contribution in [3.63, 3.8) is 0 Å². The monoisotopic (exact) mass is 458 g/mol. The number of aliphatic imine (C=N–C) groups is 1. The smallest absolute Gasteiger partial charge is 0.191 e. The number of likely N-dealkylation sites (tertiary alicyclic amines) is 1. The zero-order valence-electron chi connectivity index (χ0n) is 14.3. The van der Waals surface area contributed by atoms with Gasteiger partial charge in [0, 0.05) is 32.2 Å². The molecule has 0 aromatic heterocycles. The van der Waals surface area contributed by atoms with Crippen LogP contribution in [0.4, 0.5) is 0 Å². The Bertz CT molecular complexity index is 484. The van der Waals surface area contributed by atoms with Crippen LogP contribution in [0.5, 0.6) is 0 Å². The van der Waals surface area contributed by atoms with Crippen LogP contribution in [0.15, 0.2) is 4.99 Å². The lowest BCUT2D eigenvalue weighted by Gasteiger charge is -2.33. The predicted molar refractivity (Wildman–Crippen MR) is 106 cm³/mol. The van der Waals surface area contributed by atoms with Crippen molar-refractivity contribution in [1.29, 1.82) is 0 Å². The first-order valence-corrected chi connectivity index (χ1v) is 10.2. The van der Waals surface area contributed by atoms with Gasteiger partial charge < -0.3 is 15.5 Å². The molecule has 0 amide bonds. The van der Waals surface area contributed by atoms with Crippen LogP contribution in [-0.2, 0) is 9.84 Å². The maximum absolute atomic E-state index is 11.5. The quantitative estimate of drug-likeness (QED) is 0.281. The number of guanidine groups is 1. The van der Waals surface area contributed by atoms with Gasteiger partial charge in [0.1, 0.15) is 0 Å². The molecule has 0 saturated carbocycles. The summed E-state index contributed by atoms with van der Waals surface area (Å²) in [5.41, 5.74) is 0. The minimum Gasteiger partial charge on any atom is -0.356 e. The van der Waals surface area contributed by atoms with Crippen LogP contribution in [0, 0.1) is 0 Å². The van der Waals surface area contributed by atoms with Crippen molar-refractivity contribution in [2.45, 2.75) is 51.1 Å². The Hall–Kier alpha value is -0.0900. The second-order valence-electron chi connectivity index (χ2n) is 6.48. The minimum atomic E-state index is -2.85. The van der Waals surface area contributed by atoms with Crippen molar-refractivity contribution in [1.82, 2.24) is 15.5 Å². The number of hydrogen-bond donors (Lipinski definition) is 2. The second kappa shape index (κ2) is 10.0. The van der Waals surface area contributed by atoms with Crippen molar-refractivity contribution >= 4 is 39.8 Å². The Kier molecular flexibility index (Phi) is 9.13. The molecule has 23 heavy (non-hydrogen) atoms. The van der Waals surface area contributed by atoms with Crippen molar-refractivity contribution in [2.24, 2.45) is 4.99 Å². The van der Waals surface area contributed by atoms with E-state index in [4.69, 9.17) is 0 Å². The first-order valence-electron chi connectivity index (χ1n) is 8.42. The molecule has 2 unspecified atom stereocenters. The fourth-order valence-corrected chi connectivity index (χ4v) is 4.95. The number of rotatable bonds is 5. The van der Waals surface area contributed by atoms with E-state index < -0.39 is 9.84 Å². The van der Waals surface area contributed by atoms with E-state index in [0.717, 1.165) is 19.5 Å². The zero-order valence-corrected chi connectivity index (χ0v) is 17.4. The van der Waals surface area contributed by atoms with E-state index in [1.807, 2.05) is 0 Å². The molecule has 2 heterocycles. The summed E-state index contributed by atoms with van der Waals surface area (Å²) >= 11 is 0. The third-order valence-electron chi connectivity index (χ3n) is 4.65. The van der Waals surface area contributed by atoms with Crippen molar-refractivity contribution < 1.29 is 8.42 Å². The lowest BCUT2D eigenvalue weighted by molar-refractivity contribution is 0.159. The Morgan fingerprint density at radius 3 is 2.70 bits per heavy atom. The summed E-state index contributed by atoms with van der Waals surface area (Å²) in [6.07, 6.45) is 5.74. The number of piperidine rings is 1. The summed E-state index contributed by atoms with van der Waals surface area (Å²) in [5.74, 6) is 1.22. The summed E-state index contributed by atoms with van der Waals surface area (Å²) in [6.45, 7) is 5.51. The average molecular weight is 458 g/mol. The Morgan fingerprint density at radius 2 is 2.09 bits per heavy atom. The molecule has 0 aromatic rings. The van der Waals surface area contributed by atoms with Crippen LogP contribution in [0.2, 0.25) is 0 Å². The van der Waals surface area contributed by atoms with Gasteiger partial charge in [0.15, 0.2) is 15.8 Å². The van der Waals surface area contributed by atoms with Crippen LogP contribution in [0.25, 0.3) is 0 Å². The molecule has 2 rings (SSSR count). The molecule has 136 valence electrons. The van der Waals surface area contributed by atoms with E-state index in [2.05, 4.69) is 27.4 Å². The average Bonchev–Trinajstić information content (AvgIpc) is 2.83. The second-order valence-corrected chi connectivity index (χ2v) is 8.71. The van der Waals surface area contributed by atoms with Gasteiger partial charge >= 0.3 is 0 Å². The van der Waals surface area contributed by atoms with E-state index in [1.165, 1.54) is 25.8 Å². The summed E-state index contributed by atoms with van der Waals surface area (Å²) < 4.78 is 22.9. The molecule has 0 spiro atoms. The van der Waals surface area contributed by atoms with Gasteiger partial charge in [0.2, 0.25) is 0 Å². The molecule has 2 fully saturated rings. The molecular formula is C15H31IN4O2S. The Balaban J connectivity index is 0.00000264. The van der Waals surface area contributed by atoms with E-state index in [1.54, 1.807) is 7.05 Å². The number of halogens is 1. The third kappa shape index (κ3) is 7.13.